The van der Waals surface area contributed by atoms with E-state index in [1.165, 1.54) is 0 Å². The van der Waals surface area contributed by atoms with Gasteiger partial charge in [0, 0.05) is 0 Å². The number of hydrogen-bond acceptors (Lipinski definition) is 1. The van der Waals surface area contributed by atoms with Crippen LogP contribution >= 0.6 is 0 Å². The quantitative estimate of drug-likeness (QED) is 0.332. The van der Waals surface area contributed by atoms with Gasteiger partial charge in [-0.15, -0.1) is 0 Å². The van der Waals surface area contributed by atoms with E-state index in [9.17, 15) is 0 Å². The lowest BCUT2D eigenvalue weighted by molar-refractivity contribution is 0.0716. The highest BCUT2D eigenvalue weighted by Crippen LogP contribution is 2.05. The molecular weight excluding hydrogens is 90.1 g/mol. The van der Waals surface area contributed by atoms with Gasteiger partial charge in [-0.05, 0) is 25.8 Å². The maximum absolute atomic E-state index is 6.26. The van der Waals surface area contributed by atoms with Gasteiger partial charge in [-0.3, -0.25) is 0 Å². The summed E-state index contributed by atoms with van der Waals surface area (Å²) in [7, 11) is 0. The van der Waals surface area contributed by atoms with Crippen molar-refractivity contribution in [2.45, 2.75) is 26.4 Å². The molecule has 0 aliphatic carbocycles. The van der Waals surface area contributed by atoms with Crippen molar-refractivity contribution in [1.29, 1.82) is 0 Å². The van der Waals surface area contributed by atoms with Crippen LogP contribution in [0.3, 0.4) is 0 Å². The molecule has 7 heavy (non-hydrogen) atoms. The average molecular weight is 99.1 g/mol. The Morgan fingerprint density at radius 1 is 1.43 bits per heavy atom. The largest absolute Gasteiger partial charge is 0.194 e. The van der Waals surface area contributed by atoms with E-state index >= 15 is 0 Å². The maximum Gasteiger partial charge on any atom is 0.186 e. The predicted molar refractivity (Wildman–Crippen MR) is 27.4 cm³/mol. The van der Waals surface area contributed by atoms with Crippen molar-refractivity contribution in [2.24, 2.45) is 0 Å². The van der Waals surface area contributed by atoms with Crippen LogP contribution in [0.25, 0.3) is 5.01 Å². The van der Waals surface area contributed by atoms with Crippen molar-refractivity contribution in [3.05, 3.63) is 11.6 Å². The number of hydrogen-bond donors (Lipinski definition) is 0. The molecule has 0 unspecified atom stereocenters. The third-order valence-electron chi connectivity index (χ3n) is 0.320. The zero-order valence-corrected chi connectivity index (χ0v) is 4.86. The van der Waals surface area contributed by atoms with Gasteiger partial charge in [0.1, 0.15) is 0 Å². The van der Waals surface area contributed by atoms with Gasteiger partial charge in [0.25, 0.3) is 0 Å². The summed E-state index contributed by atoms with van der Waals surface area (Å²) >= 11 is 0. The van der Waals surface area contributed by atoms with Gasteiger partial charge in [-0.1, -0.05) is 0 Å². The zero-order chi connectivity index (χ0) is 5.91. The molecule has 0 radical (unpaired) electrons. The maximum atomic E-state index is 6.26. The molecule has 2 heteroatoms. The van der Waals surface area contributed by atoms with Gasteiger partial charge >= 0.3 is 0 Å². The van der Waals surface area contributed by atoms with Gasteiger partial charge in [-0.2, -0.15) is 11.4 Å². The van der Waals surface area contributed by atoms with E-state index in [2.05, 4.69) is 9.85 Å². The molecule has 0 aromatic rings. The minimum atomic E-state index is -0.304. The molecule has 0 rings (SSSR count). The third kappa shape index (κ3) is 5.29. The van der Waals surface area contributed by atoms with Crippen LogP contribution in [0.4, 0.5) is 0 Å². The lowest BCUT2D eigenvalue weighted by Crippen LogP contribution is -2.13. The monoisotopic (exact) mass is 99.1 g/mol. The van der Waals surface area contributed by atoms with Crippen molar-refractivity contribution >= 4 is 0 Å². The Morgan fingerprint density at radius 2 is 1.86 bits per heavy atom. The normalized spacial score (nSPS) is 10.0. The highest BCUT2D eigenvalue weighted by atomic mass is 16.6. The van der Waals surface area contributed by atoms with E-state index in [-0.39, 0.29) is 5.60 Å². The molecule has 0 N–H and O–H groups in total. The summed E-state index contributed by atoms with van der Waals surface area (Å²) in [6, 6.07) is 0. The summed E-state index contributed by atoms with van der Waals surface area (Å²) in [5.41, 5.74) is -0.304. The minimum Gasteiger partial charge on any atom is -0.194 e. The highest BCUT2D eigenvalue weighted by Gasteiger charge is 2.13. The van der Waals surface area contributed by atoms with Crippen LogP contribution in [0.5, 0.6) is 0 Å². The fraction of sp³-hybridized carbons (Fsp3) is 0.800. The second-order valence-electron chi connectivity index (χ2n) is 2.29. The van der Waals surface area contributed by atoms with E-state index in [0.29, 0.717) is 0 Å². The first-order chi connectivity index (χ1) is 3.06. The first-order valence-electron chi connectivity index (χ1n) is 2.11. The van der Waals surface area contributed by atoms with Crippen LogP contribution < -0.4 is 0 Å². The molecule has 0 spiro atoms. The number of rotatable bonds is 0. The summed E-state index contributed by atoms with van der Waals surface area (Å²) in [5.74, 6) is 0. The Kier molecular flexibility index (Phi) is 1.65. The van der Waals surface area contributed by atoms with Crippen LogP contribution in [-0.2, 0) is 4.84 Å². The smallest absolute Gasteiger partial charge is 0.186 e. The van der Waals surface area contributed by atoms with Crippen LogP contribution in [0.2, 0.25) is 0 Å². The molecule has 0 aromatic carbocycles. The molecule has 0 aliphatic heterocycles. The summed E-state index contributed by atoms with van der Waals surface area (Å²) < 4.78 is 0. The Labute approximate surface area is 43.9 Å². The summed E-state index contributed by atoms with van der Waals surface area (Å²) in [5, 5.41) is 2.76. The standard InChI is InChI=1S/C5H9NO/c1-5(2,3)7-6-4/h1-3H3. The van der Waals surface area contributed by atoms with E-state index in [0.717, 1.165) is 0 Å². The van der Waals surface area contributed by atoms with Gasteiger partial charge < -0.3 is 0 Å². The summed E-state index contributed by atoms with van der Waals surface area (Å²) in [4.78, 5) is 4.52. The Morgan fingerprint density at radius 3 is 1.86 bits per heavy atom. The molecule has 0 fully saturated rings. The molecule has 0 amide bonds. The second kappa shape index (κ2) is 1.83. The van der Waals surface area contributed by atoms with Crippen LogP contribution in [0.15, 0.2) is 0 Å². The van der Waals surface area contributed by atoms with Crippen molar-refractivity contribution in [1.82, 2.24) is 0 Å². The average Bonchev–Trinajstić information content (AvgIpc) is 1.30. The fourth-order valence-corrected chi connectivity index (χ4v) is 0.137. The van der Waals surface area contributed by atoms with Crippen molar-refractivity contribution < 1.29 is 4.84 Å². The summed E-state index contributed by atoms with van der Waals surface area (Å²) in [6.07, 6.45) is 0. The molecule has 0 saturated heterocycles. The molecule has 0 aromatic heterocycles. The van der Waals surface area contributed by atoms with Crippen LogP contribution in [0.1, 0.15) is 20.8 Å². The van der Waals surface area contributed by atoms with Crippen molar-refractivity contribution in [3.8, 4) is 0 Å². The molecule has 0 aliphatic rings. The third-order valence-corrected chi connectivity index (χ3v) is 0.320. The lowest BCUT2D eigenvalue weighted by atomic mass is 10.2. The SMILES string of the molecule is [C-]#[N+]OC(C)(C)C. The van der Waals surface area contributed by atoms with Crippen molar-refractivity contribution in [3.63, 3.8) is 0 Å². The van der Waals surface area contributed by atoms with Gasteiger partial charge in [-0.25, -0.2) is 0 Å². The lowest BCUT2D eigenvalue weighted by Gasteiger charge is -2.05. The first kappa shape index (κ1) is 6.29. The molecule has 0 saturated carbocycles. The second-order valence-corrected chi connectivity index (χ2v) is 2.29. The van der Waals surface area contributed by atoms with Crippen LogP contribution in [-0.4, -0.2) is 5.60 Å². The Hall–Kier alpha value is -0.710. The predicted octanol–water partition coefficient (Wildman–Crippen LogP) is 1.64. The molecule has 0 bridgehead atoms. The molecule has 2 nitrogen and oxygen atoms in total. The van der Waals surface area contributed by atoms with E-state index in [4.69, 9.17) is 6.57 Å². The van der Waals surface area contributed by atoms with Crippen LogP contribution in [0, 0.1) is 6.57 Å². The molecule has 0 atom stereocenters. The molecule has 40 valence electrons. The van der Waals surface area contributed by atoms with E-state index in [1.54, 1.807) is 0 Å². The minimum absolute atomic E-state index is 0.304. The topological polar surface area (TPSA) is 13.6 Å². The van der Waals surface area contributed by atoms with Gasteiger partial charge in [0.15, 0.2) is 5.60 Å². The number of nitrogens with zero attached hydrogens (tertiary/aromatic N) is 1. The highest BCUT2D eigenvalue weighted by molar-refractivity contribution is 4.58. The van der Waals surface area contributed by atoms with Gasteiger partial charge in [0.05, 0.1) is 0 Å². The van der Waals surface area contributed by atoms with Crippen molar-refractivity contribution in [2.75, 3.05) is 0 Å². The molecule has 0 heterocycles. The van der Waals surface area contributed by atoms with E-state index < -0.39 is 0 Å². The zero-order valence-electron chi connectivity index (χ0n) is 4.86. The Balaban J connectivity index is 3.40. The fourth-order valence-electron chi connectivity index (χ4n) is 0.137. The summed E-state index contributed by atoms with van der Waals surface area (Å²) in [6.45, 7) is 11.8. The van der Waals surface area contributed by atoms with Gasteiger partial charge in [0.2, 0.25) is 0 Å². The van der Waals surface area contributed by atoms with E-state index in [1.807, 2.05) is 20.8 Å². The Bertz CT molecular complexity index is 85.2. The first-order valence-corrected chi connectivity index (χ1v) is 2.11. The molecular formula is C5H9NO.